The molecule has 0 N–H and O–H groups in total. The normalized spacial score (nSPS) is 10.9. The minimum atomic E-state index is 0.558. The van der Waals surface area contributed by atoms with E-state index in [1.807, 2.05) is 24.3 Å². The predicted molar refractivity (Wildman–Crippen MR) is 65.2 cm³/mol. The topological polar surface area (TPSA) is 46.2 Å². The van der Waals surface area contributed by atoms with E-state index in [1.165, 1.54) is 0 Å². The lowest BCUT2D eigenvalue weighted by Gasteiger charge is -2.01. The Kier molecular flexibility index (Phi) is 3.27. The van der Waals surface area contributed by atoms with Gasteiger partial charge in [-0.1, -0.05) is 0 Å². The molecule has 1 aromatic heterocycles. The molecule has 84 valence electrons. The van der Waals surface area contributed by atoms with Crippen molar-refractivity contribution in [3.63, 3.8) is 0 Å². The van der Waals surface area contributed by atoms with Crippen LogP contribution in [-0.2, 0) is 0 Å². The summed E-state index contributed by atoms with van der Waals surface area (Å²) in [5, 5.41) is 9.11. The third-order valence-electron chi connectivity index (χ3n) is 2.35. The highest BCUT2D eigenvalue weighted by atomic mass is 16.5. The quantitative estimate of drug-likeness (QED) is 0.752. The first-order valence-corrected chi connectivity index (χ1v) is 5.13. The molecule has 3 heteroatoms. The fraction of sp³-hybridized carbons (Fsp3) is 0.0714. The second-order valence-electron chi connectivity index (χ2n) is 3.41. The molecule has 3 nitrogen and oxygen atoms in total. The second-order valence-corrected chi connectivity index (χ2v) is 3.41. The zero-order chi connectivity index (χ0) is 12.1. The van der Waals surface area contributed by atoms with Gasteiger partial charge in [-0.15, -0.1) is 0 Å². The number of hydrogen-bond donors (Lipinski definition) is 0. The number of ether oxygens (including phenoxy) is 1. The molecular formula is C14H11NO2. The van der Waals surface area contributed by atoms with Gasteiger partial charge in [-0.2, -0.15) is 5.26 Å². The summed E-state index contributed by atoms with van der Waals surface area (Å²) >= 11 is 0. The van der Waals surface area contributed by atoms with Crippen molar-refractivity contribution in [1.82, 2.24) is 0 Å². The van der Waals surface area contributed by atoms with E-state index < -0.39 is 0 Å². The fourth-order valence-corrected chi connectivity index (χ4v) is 1.47. The Bertz CT molecular complexity index is 545. The number of nitriles is 1. The number of allylic oxidation sites excluding steroid dienone is 1. The standard InChI is InChI=1S/C14H11NO2/c1-16-13-6-4-11(5-7-13)12(10-15)9-14-3-2-8-17-14/h2-9H,1H3. The molecule has 0 saturated heterocycles. The third kappa shape index (κ3) is 2.56. The van der Waals surface area contributed by atoms with Crippen LogP contribution in [0.3, 0.4) is 0 Å². The minimum Gasteiger partial charge on any atom is -0.497 e. The molecule has 17 heavy (non-hydrogen) atoms. The van der Waals surface area contributed by atoms with Crippen LogP contribution in [0.25, 0.3) is 11.6 Å². The van der Waals surface area contributed by atoms with E-state index in [-0.39, 0.29) is 0 Å². The van der Waals surface area contributed by atoms with E-state index in [2.05, 4.69) is 6.07 Å². The van der Waals surface area contributed by atoms with Crippen LogP contribution in [0.5, 0.6) is 5.75 Å². The smallest absolute Gasteiger partial charge is 0.127 e. The lowest BCUT2D eigenvalue weighted by molar-refractivity contribution is 0.415. The summed E-state index contributed by atoms with van der Waals surface area (Å²) in [4.78, 5) is 0. The number of nitrogens with zero attached hydrogens (tertiary/aromatic N) is 1. The molecule has 0 bridgehead atoms. The fourth-order valence-electron chi connectivity index (χ4n) is 1.47. The molecule has 0 amide bonds. The molecule has 0 spiro atoms. The molecule has 2 aromatic rings. The van der Waals surface area contributed by atoms with Gasteiger partial charge in [-0.05, 0) is 48.0 Å². The van der Waals surface area contributed by atoms with Gasteiger partial charge in [0.05, 0.1) is 25.0 Å². The van der Waals surface area contributed by atoms with E-state index >= 15 is 0 Å². The third-order valence-corrected chi connectivity index (χ3v) is 2.35. The first-order valence-electron chi connectivity index (χ1n) is 5.13. The van der Waals surface area contributed by atoms with Crippen molar-refractivity contribution < 1.29 is 9.15 Å². The van der Waals surface area contributed by atoms with Gasteiger partial charge in [-0.25, -0.2) is 0 Å². The van der Waals surface area contributed by atoms with Crippen LogP contribution in [0.4, 0.5) is 0 Å². The van der Waals surface area contributed by atoms with Gasteiger partial charge in [0.2, 0.25) is 0 Å². The summed E-state index contributed by atoms with van der Waals surface area (Å²) in [5.41, 5.74) is 1.40. The number of furan rings is 1. The van der Waals surface area contributed by atoms with Crippen LogP contribution in [-0.4, -0.2) is 7.11 Å². The van der Waals surface area contributed by atoms with Crippen molar-refractivity contribution >= 4 is 11.6 Å². The molecule has 0 aliphatic carbocycles. The number of hydrogen-bond acceptors (Lipinski definition) is 3. The van der Waals surface area contributed by atoms with Crippen LogP contribution < -0.4 is 4.74 Å². The number of benzene rings is 1. The zero-order valence-corrected chi connectivity index (χ0v) is 9.38. The summed E-state index contributed by atoms with van der Waals surface area (Å²) in [5.74, 6) is 1.43. The molecule has 0 unspecified atom stereocenters. The summed E-state index contributed by atoms with van der Waals surface area (Å²) in [7, 11) is 1.61. The molecule has 0 fully saturated rings. The van der Waals surface area contributed by atoms with Crippen molar-refractivity contribution in [2.75, 3.05) is 7.11 Å². The Balaban J connectivity index is 2.33. The summed E-state index contributed by atoms with van der Waals surface area (Å²) in [6.07, 6.45) is 3.29. The van der Waals surface area contributed by atoms with E-state index in [9.17, 15) is 0 Å². The first-order chi connectivity index (χ1) is 8.33. The van der Waals surface area contributed by atoms with E-state index in [0.717, 1.165) is 11.3 Å². The molecule has 0 aliphatic rings. The highest BCUT2D eigenvalue weighted by Crippen LogP contribution is 2.20. The van der Waals surface area contributed by atoms with E-state index in [0.29, 0.717) is 11.3 Å². The van der Waals surface area contributed by atoms with Gasteiger partial charge in [0, 0.05) is 0 Å². The number of methoxy groups -OCH3 is 1. The summed E-state index contributed by atoms with van der Waals surface area (Å²) < 4.78 is 10.2. The van der Waals surface area contributed by atoms with Gasteiger partial charge in [0.1, 0.15) is 11.5 Å². The van der Waals surface area contributed by atoms with Crippen molar-refractivity contribution in [3.8, 4) is 11.8 Å². The maximum absolute atomic E-state index is 9.11. The van der Waals surface area contributed by atoms with Gasteiger partial charge in [0.15, 0.2) is 0 Å². The largest absolute Gasteiger partial charge is 0.497 e. The highest BCUT2D eigenvalue weighted by Gasteiger charge is 2.02. The monoisotopic (exact) mass is 225 g/mol. The highest BCUT2D eigenvalue weighted by molar-refractivity contribution is 5.88. The molecular weight excluding hydrogens is 214 g/mol. The van der Waals surface area contributed by atoms with Gasteiger partial charge in [0.25, 0.3) is 0 Å². The molecule has 0 atom stereocenters. The minimum absolute atomic E-state index is 0.558. The predicted octanol–water partition coefficient (Wildman–Crippen LogP) is 3.35. The molecule has 0 radical (unpaired) electrons. The van der Waals surface area contributed by atoms with Gasteiger partial charge < -0.3 is 9.15 Å². The summed E-state index contributed by atoms with van der Waals surface area (Å²) in [6, 6.07) is 13.1. The van der Waals surface area contributed by atoms with Crippen LogP contribution in [0, 0.1) is 11.3 Å². The van der Waals surface area contributed by atoms with E-state index in [1.54, 1.807) is 31.6 Å². The van der Waals surface area contributed by atoms with Crippen LogP contribution in [0.1, 0.15) is 11.3 Å². The van der Waals surface area contributed by atoms with Crippen LogP contribution in [0.15, 0.2) is 47.1 Å². The van der Waals surface area contributed by atoms with Crippen molar-refractivity contribution in [1.29, 1.82) is 5.26 Å². The maximum atomic E-state index is 9.11. The molecule has 0 aliphatic heterocycles. The van der Waals surface area contributed by atoms with Crippen molar-refractivity contribution in [2.45, 2.75) is 0 Å². The van der Waals surface area contributed by atoms with Crippen molar-refractivity contribution in [2.24, 2.45) is 0 Å². The lowest BCUT2D eigenvalue weighted by atomic mass is 10.1. The summed E-state index contributed by atoms with van der Waals surface area (Å²) in [6.45, 7) is 0. The van der Waals surface area contributed by atoms with Crippen LogP contribution >= 0.6 is 0 Å². The Labute approximate surface area is 99.6 Å². The molecule has 2 rings (SSSR count). The Morgan fingerprint density at radius 1 is 1.29 bits per heavy atom. The Morgan fingerprint density at radius 3 is 2.59 bits per heavy atom. The zero-order valence-electron chi connectivity index (χ0n) is 9.38. The molecule has 1 aromatic carbocycles. The van der Waals surface area contributed by atoms with Gasteiger partial charge >= 0.3 is 0 Å². The lowest BCUT2D eigenvalue weighted by Crippen LogP contribution is -1.84. The van der Waals surface area contributed by atoms with E-state index in [4.69, 9.17) is 14.4 Å². The van der Waals surface area contributed by atoms with Crippen molar-refractivity contribution in [3.05, 3.63) is 54.0 Å². The molecule has 0 saturated carbocycles. The molecule has 1 heterocycles. The average Bonchev–Trinajstić information content (AvgIpc) is 2.89. The SMILES string of the molecule is COc1ccc(C(C#N)=Cc2ccco2)cc1. The first kappa shape index (κ1) is 11.0. The number of rotatable bonds is 3. The van der Waals surface area contributed by atoms with Crippen LogP contribution in [0.2, 0.25) is 0 Å². The Morgan fingerprint density at radius 2 is 2.06 bits per heavy atom. The average molecular weight is 225 g/mol. The Hall–Kier alpha value is -2.47. The second kappa shape index (κ2) is 5.04. The van der Waals surface area contributed by atoms with Gasteiger partial charge in [-0.3, -0.25) is 0 Å². The maximum Gasteiger partial charge on any atom is 0.127 e.